The van der Waals surface area contributed by atoms with Crippen LogP contribution in [0.3, 0.4) is 0 Å². The van der Waals surface area contributed by atoms with Gasteiger partial charge in [-0.2, -0.15) is 0 Å². The second-order valence-electron chi connectivity index (χ2n) is 2.94. The normalized spacial score (nSPS) is 9.75. The summed E-state index contributed by atoms with van der Waals surface area (Å²) in [5.74, 6) is -2.95. The Morgan fingerprint density at radius 3 is 1.94 bits per heavy atom. The topological polar surface area (TPSA) is 78.9 Å². The van der Waals surface area contributed by atoms with E-state index in [0.29, 0.717) is 0 Å². The summed E-state index contributed by atoms with van der Waals surface area (Å²) in [6, 6.07) is 0. The van der Waals surface area contributed by atoms with Gasteiger partial charge in [-0.1, -0.05) is 0 Å². The lowest BCUT2D eigenvalue weighted by Gasteiger charge is -2.11. The summed E-state index contributed by atoms with van der Waals surface area (Å²) in [5, 5.41) is 0. The molecule has 0 aliphatic heterocycles. The third-order valence-corrected chi connectivity index (χ3v) is 1.91. The molecule has 0 aliphatic carbocycles. The van der Waals surface area contributed by atoms with Crippen LogP contribution < -0.4 is 0 Å². The van der Waals surface area contributed by atoms with E-state index in [1.165, 1.54) is 14.2 Å². The largest absolute Gasteiger partial charge is 0.468 e. The quantitative estimate of drug-likeness (QED) is 0.372. The first-order chi connectivity index (χ1) is 7.56. The van der Waals surface area contributed by atoms with Crippen LogP contribution in [0.5, 0.6) is 0 Å². The van der Waals surface area contributed by atoms with E-state index in [1.54, 1.807) is 6.92 Å². The molecular weight excluding hydrogens is 216 g/mol. The SMILES string of the molecule is CCOC(=O)CCC(C(=O)OC)C(=O)OC. The van der Waals surface area contributed by atoms with E-state index >= 15 is 0 Å². The van der Waals surface area contributed by atoms with Crippen LogP contribution >= 0.6 is 0 Å². The highest BCUT2D eigenvalue weighted by Gasteiger charge is 2.29. The zero-order chi connectivity index (χ0) is 12.6. The van der Waals surface area contributed by atoms with Crippen LogP contribution in [0.4, 0.5) is 0 Å². The van der Waals surface area contributed by atoms with E-state index in [2.05, 4.69) is 14.2 Å². The highest BCUT2D eigenvalue weighted by atomic mass is 16.5. The molecule has 0 saturated carbocycles. The maximum absolute atomic E-state index is 11.2. The van der Waals surface area contributed by atoms with Crippen molar-refractivity contribution in [3.63, 3.8) is 0 Å². The Hall–Kier alpha value is -1.59. The van der Waals surface area contributed by atoms with Gasteiger partial charge in [0.2, 0.25) is 0 Å². The van der Waals surface area contributed by atoms with Crippen LogP contribution in [0.1, 0.15) is 19.8 Å². The van der Waals surface area contributed by atoms with Crippen molar-refractivity contribution in [3.8, 4) is 0 Å². The predicted octanol–water partition coefficient (Wildman–Crippen LogP) is 0.292. The number of carbonyl (C=O) groups excluding carboxylic acids is 3. The minimum atomic E-state index is -1.07. The highest BCUT2D eigenvalue weighted by Crippen LogP contribution is 2.11. The molecule has 0 bridgehead atoms. The number of hydrogen-bond donors (Lipinski definition) is 0. The second-order valence-corrected chi connectivity index (χ2v) is 2.94. The van der Waals surface area contributed by atoms with Gasteiger partial charge in [-0.15, -0.1) is 0 Å². The van der Waals surface area contributed by atoms with E-state index in [4.69, 9.17) is 0 Å². The number of ether oxygens (including phenoxy) is 3. The molecule has 0 radical (unpaired) electrons. The number of carbonyl (C=O) groups is 3. The standard InChI is InChI=1S/C10H16O6/c1-4-16-8(11)6-5-7(9(12)14-2)10(13)15-3/h7H,4-6H2,1-3H3. The molecule has 92 valence electrons. The summed E-state index contributed by atoms with van der Waals surface area (Å²) in [6.45, 7) is 1.94. The monoisotopic (exact) mass is 232 g/mol. The maximum atomic E-state index is 11.2. The second kappa shape index (κ2) is 7.67. The van der Waals surface area contributed by atoms with Crippen LogP contribution in [-0.4, -0.2) is 38.7 Å². The van der Waals surface area contributed by atoms with E-state index < -0.39 is 23.8 Å². The number of hydrogen-bond acceptors (Lipinski definition) is 6. The fourth-order valence-corrected chi connectivity index (χ4v) is 1.11. The third kappa shape index (κ3) is 4.77. The molecule has 0 aliphatic rings. The van der Waals surface area contributed by atoms with E-state index in [1.807, 2.05) is 0 Å². The van der Waals surface area contributed by atoms with Crippen molar-refractivity contribution in [2.24, 2.45) is 5.92 Å². The molecule has 0 amide bonds. The van der Waals surface area contributed by atoms with Gasteiger partial charge in [0.15, 0.2) is 5.92 Å². The average Bonchev–Trinajstić information content (AvgIpc) is 2.28. The summed E-state index contributed by atoms with van der Waals surface area (Å²) in [5.41, 5.74) is 0. The summed E-state index contributed by atoms with van der Waals surface area (Å²) < 4.78 is 13.5. The summed E-state index contributed by atoms with van der Waals surface area (Å²) in [4.78, 5) is 33.5. The van der Waals surface area contributed by atoms with Crippen molar-refractivity contribution in [1.29, 1.82) is 0 Å². The van der Waals surface area contributed by atoms with Gasteiger partial charge in [0.25, 0.3) is 0 Å². The lowest BCUT2D eigenvalue weighted by atomic mass is 10.0. The highest BCUT2D eigenvalue weighted by molar-refractivity contribution is 5.95. The zero-order valence-electron chi connectivity index (χ0n) is 9.65. The summed E-state index contributed by atoms with van der Waals surface area (Å²) >= 11 is 0. The zero-order valence-corrected chi connectivity index (χ0v) is 9.65. The van der Waals surface area contributed by atoms with Crippen LogP contribution in [-0.2, 0) is 28.6 Å². The van der Waals surface area contributed by atoms with Gasteiger partial charge in [-0.3, -0.25) is 14.4 Å². The first-order valence-electron chi connectivity index (χ1n) is 4.88. The van der Waals surface area contributed by atoms with Crippen molar-refractivity contribution in [1.82, 2.24) is 0 Å². The van der Waals surface area contributed by atoms with Crippen LogP contribution in [0.15, 0.2) is 0 Å². The molecular formula is C10H16O6. The van der Waals surface area contributed by atoms with Gasteiger partial charge in [-0.05, 0) is 13.3 Å². The molecule has 0 unspecified atom stereocenters. The molecule has 16 heavy (non-hydrogen) atoms. The first kappa shape index (κ1) is 14.4. The molecule has 0 atom stereocenters. The van der Waals surface area contributed by atoms with Gasteiger partial charge >= 0.3 is 17.9 Å². The first-order valence-corrected chi connectivity index (χ1v) is 4.88. The average molecular weight is 232 g/mol. The molecule has 6 nitrogen and oxygen atoms in total. The van der Waals surface area contributed by atoms with E-state index in [-0.39, 0.29) is 19.4 Å². The van der Waals surface area contributed by atoms with Gasteiger partial charge in [0.05, 0.1) is 20.8 Å². The van der Waals surface area contributed by atoms with E-state index in [0.717, 1.165) is 0 Å². The molecule has 0 aromatic carbocycles. The lowest BCUT2D eigenvalue weighted by molar-refractivity contribution is -0.159. The minimum absolute atomic E-state index is 0.0251. The Balaban J connectivity index is 4.28. The van der Waals surface area contributed by atoms with Crippen molar-refractivity contribution < 1.29 is 28.6 Å². The minimum Gasteiger partial charge on any atom is -0.468 e. The molecule has 0 saturated heterocycles. The Bertz CT molecular complexity index is 244. The Kier molecular flexibility index (Phi) is 6.91. The predicted molar refractivity (Wildman–Crippen MR) is 53.4 cm³/mol. The molecule has 0 spiro atoms. The Morgan fingerprint density at radius 1 is 1.06 bits per heavy atom. The number of esters is 3. The molecule has 0 aromatic rings. The fraction of sp³-hybridized carbons (Fsp3) is 0.700. The van der Waals surface area contributed by atoms with Crippen LogP contribution in [0, 0.1) is 5.92 Å². The summed E-state index contributed by atoms with van der Waals surface area (Å²) in [6.07, 6.45) is 0.000880. The maximum Gasteiger partial charge on any atom is 0.320 e. The van der Waals surface area contributed by atoms with Crippen molar-refractivity contribution >= 4 is 17.9 Å². The Morgan fingerprint density at radius 2 is 1.56 bits per heavy atom. The molecule has 0 aromatic heterocycles. The van der Waals surface area contributed by atoms with Gasteiger partial charge < -0.3 is 14.2 Å². The molecule has 0 heterocycles. The van der Waals surface area contributed by atoms with Gasteiger partial charge in [0.1, 0.15) is 0 Å². The molecule has 0 fully saturated rings. The molecule has 0 N–H and O–H groups in total. The van der Waals surface area contributed by atoms with Crippen LogP contribution in [0.25, 0.3) is 0 Å². The molecule has 6 heteroatoms. The lowest BCUT2D eigenvalue weighted by Crippen LogP contribution is -2.27. The van der Waals surface area contributed by atoms with Crippen molar-refractivity contribution in [2.45, 2.75) is 19.8 Å². The van der Waals surface area contributed by atoms with Crippen molar-refractivity contribution in [2.75, 3.05) is 20.8 Å². The molecule has 0 rings (SSSR count). The Labute approximate surface area is 93.8 Å². The number of rotatable bonds is 6. The van der Waals surface area contributed by atoms with Crippen molar-refractivity contribution in [3.05, 3.63) is 0 Å². The van der Waals surface area contributed by atoms with E-state index in [9.17, 15) is 14.4 Å². The fourth-order valence-electron chi connectivity index (χ4n) is 1.11. The number of methoxy groups -OCH3 is 2. The van der Waals surface area contributed by atoms with Crippen LogP contribution in [0.2, 0.25) is 0 Å². The summed E-state index contributed by atoms with van der Waals surface area (Å²) in [7, 11) is 2.34. The third-order valence-electron chi connectivity index (χ3n) is 1.91. The smallest absolute Gasteiger partial charge is 0.320 e. The van der Waals surface area contributed by atoms with Gasteiger partial charge in [0, 0.05) is 6.42 Å². The van der Waals surface area contributed by atoms with Gasteiger partial charge in [-0.25, -0.2) is 0 Å².